The van der Waals surface area contributed by atoms with Gasteiger partial charge in [-0.3, -0.25) is 0 Å². The number of benzene rings is 2. The lowest BCUT2D eigenvalue weighted by Gasteiger charge is -2.18. The van der Waals surface area contributed by atoms with Crippen LogP contribution in [0.5, 0.6) is 5.75 Å². The number of methoxy groups -OCH3 is 1. The van der Waals surface area contributed by atoms with E-state index in [4.69, 9.17) is 9.47 Å². The molecule has 1 unspecified atom stereocenters. The van der Waals surface area contributed by atoms with Gasteiger partial charge in [-0.05, 0) is 45.6 Å². The molecule has 0 radical (unpaired) electrons. The summed E-state index contributed by atoms with van der Waals surface area (Å²) in [6.07, 6.45) is 1.54. The maximum Gasteiger partial charge on any atom is 0.347 e. The fraction of sp³-hybridized carbons (Fsp3) is 0.312. The van der Waals surface area contributed by atoms with E-state index in [1.807, 2.05) is 36.4 Å². The van der Waals surface area contributed by atoms with E-state index in [0.29, 0.717) is 5.75 Å². The van der Waals surface area contributed by atoms with Crippen LogP contribution in [0.4, 0.5) is 0 Å². The highest BCUT2D eigenvalue weighted by molar-refractivity contribution is 9.10. The maximum atomic E-state index is 11.8. The molecule has 1 saturated carbocycles. The molecule has 1 fully saturated rings. The van der Waals surface area contributed by atoms with Crippen molar-refractivity contribution in [2.45, 2.75) is 18.9 Å². The molecular weight excluding hydrogens is 320 g/mol. The van der Waals surface area contributed by atoms with Crippen LogP contribution in [0.25, 0.3) is 10.8 Å². The number of esters is 1. The molecule has 0 heterocycles. The van der Waals surface area contributed by atoms with Crippen LogP contribution in [0.1, 0.15) is 12.8 Å². The van der Waals surface area contributed by atoms with E-state index in [0.717, 1.165) is 28.1 Å². The Hall–Kier alpha value is -1.55. The van der Waals surface area contributed by atoms with Crippen molar-refractivity contribution in [2.24, 2.45) is 5.92 Å². The van der Waals surface area contributed by atoms with Gasteiger partial charge < -0.3 is 9.47 Å². The van der Waals surface area contributed by atoms with Crippen molar-refractivity contribution < 1.29 is 14.3 Å². The molecule has 1 aliphatic rings. The molecule has 2 aromatic rings. The van der Waals surface area contributed by atoms with E-state index in [1.165, 1.54) is 7.11 Å². The Morgan fingerprint density at radius 1 is 1.25 bits per heavy atom. The molecular formula is C16H15BrO3. The zero-order valence-electron chi connectivity index (χ0n) is 11.1. The fourth-order valence-corrected chi connectivity index (χ4v) is 2.88. The number of carbonyl (C=O) groups is 1. The van der Waals surface area contributed by atoms with Crippen molar-refractivity contribution in [3.05, 3.63) is 40.9 Å². The molecule has 3 rings (SSSR count). The largest absolute Gasteiger partial charge is 0.477 e. The van der Waals surface area contributed by atoms with E-state index >= 15 is 0 Å². The molecule has 20 heavy (non-hydrogen) atoms. The summed E-state index contributed by atoms with van der Waals surface area (Å²) in [5.41, 5.74) is 0. The summed E-state index contributed by atoms with van der Waals surface area (Å²) >= 11 is 3.57. The fourth-order valence-electron chi connectivity index (χ4n) is 2.29. The highest BCUT2D eigenvalue weighted by Crippen LogP contribution is 2.39. The van der Waals surface area contributed by atoms with E-state index in [1.54, 1.807) is 0 Å². The quantitative estimate of drug-likeness (QED) is 0.794. The van der Waals surface area contributed by atoms with Gasteiger partial charge in [0.15, 0.2) is 6.10 Å². The first-order chi connectivity index (χ1) is 9.70. The predicted octanol–water partition coefficient (Wildman–Crippen LogP) is 3.93. The Bertz CT molecular complexity index is 649. The van der Waals surface area contributed by atoms with Crippen LogP contribution in [0.2, 0.25) is 0 Å². The summed E-state index contributed by atoms with van der Waals surface area (Å²) in [5, 5.41) is 2.21. The monoisotopic (exact) mass is 334 g/mol. The molecule has 0 N–H and O–H groups in total. The molecule has 1 atom stereocenters. The number of carbonyl (C=O) groups excluding carboxylic acids is 1. The third kappa shape index (κ3) is 2.52. The maximum absolute atomic E-state index is 11.8. The standard InChI is InChI=1S/C16H15BrO3/c1-19-16(18)15(11-6-7-11)20-13-9-8-10-4-2-3-5-12(10)14(13)17/h2-5,8-9,11,15H,6-7H2,1H3. The Morgan fingerprint density at radius 3 is 2.70 bits per heavy atom. The van der Waals surface area contributed by atoms with E-state index < -0.39 is 6.10 Å². The van der Waals surface area contributed by atoms with Crippen molar-refractivity contribution in [1.82, 2.24) is 0 Å². The molecule has 1 aliphatic carbocycles. The molecule has 0 saturated heterocycles. The van der Waals surface area contributed by atoms with Gasteiger partial charge in [-0.25, -0.2) is 4.79 Å². The summed E-state index contributed by atoms with van der Waals surface area (Å²) in [6, 6.07) is 11.9. The van der Waals surface area contributed by atoms with Crippen molar-refractivity contribution in [2.75, 3.05) is 7.11 Å². The van der Waals surface area contributed by atoms with Gasteiger partial charge in [0.2, 0.25) is 0 Å². The zero-order valence-corrected chi connectivity index (χ0v) is 12.7. The highest BCUT2D eigenvalue weighted by atomic mass is 79.9. The van der Waals surface area contributed by atoms with Gasteiger partial charge in [0.25, 0.3) is 0 Å². The summed E-state index contributed by atoms with van der Waals surface area (Å²) in [4.78, 5) is 11.8. The number of ether oxygens (including phenoxy) is 2. The molecule has 0 spiro atoms. The van der Waals surface area contributed by atoms with E-state index in [2.05, 4.69) is 15.9 Å². The molecule has 2 aromatic carbocycles. The van der Waals surface area contributed by atoms with E-state index in [-0.39, 0.29) is 11.9 Å². The molecule has 4 heteroatoms. The number of hydrogen-bond acceptors (Lipinski definition) is 3. The van der Waals surface area contributed by atoms with Gasteiger partial charge in [0, 0.05) is 5.92 Å². The summed E-state index contributed by atoms with van der Waals surface area (Å²) in [5.74, 6) is 0.666. The van der Waals surface area contributed by atoms with Gasteiger partial charge >= 0.3 is 5.97 Å². The van der Waals surface area contributed by atoms with Crippen molar-refractivity contribution in [3.63, 3.8) is 0 Å². The van der Waals surface area contributed by atoms with Gasteiger partial charge in [0.1, 0.15) is 5.75 Å². The topological polar surface area (TPSA) is 35.5 Å². The molecule has 0 aliphatic heterocycles. The molecule has 0 bridgehead atoms. The summed E-state index contributed by atoms with van der Waals surface area (Å²) < 4.78 is 11.6. The second-order valence-electron chi connectivity index (χ2n) is 5.00. The number of hydrogen-bond donors (Lipinski definition) is 0. The lowest BCUT2D eigenvalue weighted by atomic mass is 10.1. The molecule has 104 valence electrons. The first-order valence-electron chi connectivity index (χ1n) is 6.62. The first kappa shape index (κ1) is 13.4. The Balaban J connectivity index is 1.93. The van der Waals surface area contributed by atoms with Crippen LogP contribution >= 0.6 is 15.9 Å². The predicted molar refractivity (Wildman–Crippen MR) is 80.8 cm³/mol. The van der Waals surface area contributed by atoms with Crippen LogP contribution in [-0.4, -0.2) is 19.2 Å². The van der Waals surface area contributed by atoms with Gasteiger partial charge in [-0.15, -0.1) is 0 Å². The van der Waals surface area contributed by atoms with Gasteiger partial charge in [0.05, 0.1) is 11.6 Å². The Labute approximate surface area is 126 Å². The Kier molecular flexibility index (Phi) is 3.66. The molecule has 0 amide bonds. The first-order valence-corrected chi connectivity index (χ1v) is 7.41. The summed E-state index contributed by atoms with van der Waals surface area (Å²) in [6.45, 7) is 0. The zero-order chi connectivity index (χ0) is 14.1. The normalized spacial score (nSPS) is 15.9. The number of halogens is 1. The number of fused-ring (bicyclic) bond motifs is 1. The van der Waals surface area contributed by atoms with Crippen molar-refractivity contribution in [3.8, 4) is 5.75 Å². The second-order valence-corrected chi connectivity index (χ2v) is 5.79. The minimum Gasteiger partial charge on any atom is -0.477 e. The van der Waals surface area contributed by atoms with Crippen LogP contribution in [0.3, 0.4) is 0 Å². The third-order valence-electron chi connectivity index (χ3n) is 3.57. The van der Waals surface area contributed by atoms with Gasteiger partial charge in [-0.1, -0.05) is 30.3 Å². The Morgan fingerprint density at radius 2 is 2.00 bits per heavy atom. The molecule has 3 nitrogen and oxygen atoms in total. The van der Waals surface area contributed by atoms with Crippen LogP contribution < -0.4 is 4.74 Å². The smallest absolute Gasteiger partial charge is 0.347 e. The average molecular weight is 335 g/mol. The average Bonchev–Trinajstić information content (AvgIpc) is 3.31. The van der Waals surface area contributed by atoms with Crippen molar-refractivity contribution >= 4 is 32.7 Å². The van der Waals surface area contributed by atoms with Crippen LogP contribution in [0, 0.1) is 5.92 Å². The van der Waals surface area contributed by atoms with Crippen LogP contribution in [-0.2, 0) is 9.53 Å². The minimum atomic E-state index is -0.502. The van der Waals surface area contributed by atoms with Crippen LogP contribution in [0.15, 0.2) is 40.9 Å². The highest BCUT2D eigenvalue weighted by Gasteiger charge is 2.39. The third-order valence-corrected chi connectivity index (χ3v) is 4.38. The van der Waals surface area contributed by atoms with Gasteiger partial charge in [-0.2, -0.15) is 0 Å². The van der Waals surface area contributed by atoms with Crippen molar-refractivity contribution in [1.29, 1.82) is 0 Å². The number of rotatable bonds is 4. The van der Waals surface area contributed by atoms with E-state index in [9.17, 15) is 4.79 Å². The lowest BCUT2D eigenvalue weighted by Crippen LogP contribution is -2.30. The minimum absolute atomic E-state index is 0.279. The summed E-state index contributed by atoms with van der Waals surface area (Å²) in [7, 11) is 1.40. The lowest BCUT2D eigenvalue weighted by molar-refractivity contribution is -0.149. The SMILES string of the molecule is COC(=O)C(Oc1ccc2ccccc2c1Br)C1CC1. The second kappa shape index (κ2) is 5.44. The molecule has 0 aromatic heterocycles.